The maximum absolute atomic E-state index is 5.62. The standard InChI is InChI=1S/C20H25O/c1-20-8-3-4-16(20)19-13-10-12-5-6-17(21-2)15(11-13)18(12)14(19)7-9-20/h5,13-14,16,19H,3-4,7-11H2,1-2H3/t13?,14-,16+,19-,20+/m1/s1. The third-order valence-corrected chi connectivity index (χ3v) is 7.50. The molecule has 111 valence electrons. The molecular formula is C20H25O. The van der Waals surface area contributed by atoms with Gasteiger partial charge in [-0.05, 0) is 90.4 Å². The van der Waals surface area contributed by atoms with Crippen LogP contribution < -0.4 is 4.74 Å². The molecule has 0 aliphatic heterocycles. The smallest absolute Gasteiger partial charge is 0.130 e. The molecule has 0 aromatic heterocycles. The zero-order valence-electron chi connectivity index (χ0n) is 13.2. The van der Waals surface area contributed by atoms with Crippen molar-refractivity contribution in [2.24, 2.45) is 23.2 Å². The van der Waals surface area contributed by atoms with Crippen molar-refractivity contribution in [3.05, 3.63) is 28.8 Å². The number of methoxy groups -OCH3 is 1. The van der Waals surface area contributed by atoms with E-state index in [-0.39, 0.29) is 0 Å². The Labute approximate surface area is 128 Å². The van der Waals surface area contributed by atoms with Gasteiger partial charge in [-0.3, -0.25) is 0 Å². The predicted octanol–water partition coefficient (Wildman–Crippen LogP) is 4.52. The molecule has 1 radical (unpaired) electrons. The van der Waals surface area contributed by atoms with Gasteiger partial charge >= 0.3 is 0 Å². The van der Waals surface area contributed by atoms with E-state index >= 15 is 0 Å². The van der Waals surface area contributed by atoms with Crippen LogP contribution in [0.2, 0.25) is 0 Å². The van der Waals surface area contributed by atoms with Crippen molar-refractivity contribution in [3.8, 4) is 5.75 Å². The summed E-state index contributed by atoms with van der Waals surface area (Å²) >= 11 is 0. The van der Waals surface area contributed by atoms with Crippen LogP contribution >= 0.6 is 0 Å². The fourth-order valence-corrected chi connectivity index (χ4v) is 6.72. The van der Waals surface area contributed by atoms with Gasteiger partial charge in [0, 0.05) is 6.07 Å². The Morgan fingerprint density at radius 2 is 2.14 bits per heavy atom. The summed E-state index contributed by atoms with van der Waals surface area (Å²) in [5.74, 6) is 4.72. The second-order valence-electron chi connectivity index (χ2n) is 8.28. The van der Waals surface area contributed by atoms with E-state index in [2.05, 4.69) is 19.1 Å². The lowest BCUT2D eigenvalue weighted by molar-refractivity contribution is 0.0176. The Bertz CT molecular complexity index is 604. The van der Waals surface area contributed by atoms with Crippen molar-refractivity contribution in [2.45, 2.75) is 57.8 Å². The number of hydrogen-bond donors (Lipinski definition) is 0. The van der Waals surface area contributed by atoms with Crippen LogP contribution in [0.25, 0.3) is 0 Å². The molecule has 0 spiro atoms. The van der Waals surface area contributed by atoms with Crippen LogP contribution in [0.4, 0.5) is 0 Å². The Kier molecular flexibility index (Phi) is 2.42. The highest BCUT2D eigenvalue weighted by Crippen LogP contribution is 2.65. The van der Waals surface area contributed by atoms with Gasteiger partial charge in [0.25, 0.3) is 0 Å². The lowest BCUT2D eigenvalue weighted by Gasteiger charge is -2.55. The minimum absolute atomic E-state index is 0.666. The van der Waals surface area contributed by atoms with E-state index in [1.807, 2.05) is 7.11 Å². The van der Waals surface area contributed by atoms with Gasteiger partial charge in [0.15, 0.2) is 0 Å². The van der Waals surface area contributed by atoms with Crippen LogP contribution in [0.3, 0.4) is 0 Å². The van der Waals surface area contributed by atoms with Gasteiger partial charge < -0.3 is 4.74 Å². The van der Waals surface area contributed by atoms with Crippen molar-refractivity contribution >= 4 is 0 Å². The molecule has 5 atom stereocenters. The lowest BCUT2D eigenvalue weighted by atomic mass is 9.49. The molecule has 5 aliphatic rings. The number of fused-ring (bicyclic) bond motifs is 1. The Morgan fingerprint density at radius 1 is 1.24 bits per heavy atom. The van der Waals surface area contributed by atoms with E-state index in [1.165, 1.54) is 50.5 Å². The molecule has 0 heterocycles. The molecule has 2 saturated carbocycles. The highest BCUT2D eigenvalue weighted by Gasteiger charge is 2.55. The Hall–Kier alpha value is -0.980. The summed E-state index contributed by atoms with van der Waals surface area (Å²) in [7, 11) is 1.81. The molecule has 4 bridgehead atoms. The minimum atomic E-state index is 0.666. The minimum Gasteiger partial charge on any atom is -0.496 e. The van der Waals surface area contributed by atoms with Crippen molar-refractivity contribution < 1.29 is 4.74 Å². The van der Waals surface area contributed by atoms with Gasteiger partial charge in [0.2, 0.25) is 0 Å². The van der Waals surface area contributed by atoms with Crippen LogP contribution in [-0.2, 0) is 12.8 Å². The molecule has 1 heteroatoms. The SMILES string of the molecule is COc1[c]cc2c3c1CC(C2)[C@@H]1[C@@H]3CC[C@]2(C)CCC[C@@H]12. The quantitative estimate of drug-likeness (QED) is 0.735. The molecule has 0 N–H and O–H groups in total. The van der Waals surface area contributed by atoms with E-state index in [1.54, 1.807) is 11.1 Å². The van der Waals surface area contributed by atoms with Crippen molar-refractivity contribution in [3.63, 3.8) is 0 Å². The van der Waals surface area contributed by atoms with Crippen LogP contribution in [0.5, 0.6) is 5.75 Å². The van der Waals surface area contributed by atoms with Crippen LogP contribution in [0.1, 0.15) is 61.6 Å². The van der Waals surface area contributed by atoms with Gasteiger partial charge in [0.05, 0.1) is 7.11 Å². The molecule has 5 aliphatic carbocycles. The van der Waals surface area contributed by atoms with Crippen molar-refractivity contribution in [1.29, 1.82) is 0 Å². The van der Waals surface area contributed by atoms with Crippen molar-refractivity contribution in [2.75, 3.05) is 7.11 Å². The topological polar surface area (TPSA) is 9.23 Å². The van der Waals surface area contributed by atoms with Gasteiger partial charge in [0.1, 0.15) is 5.75 Å². The number of ether oxygens (including phenoxy) is 1. The van der Waals surface area contributed by atoms with Crippen molar-refractivity contribution in [1.82, 2.24) is 0 Å². The van der Waals surface area contributed by atoms with Crippen LogP contribution in [0, 0.1) is 29.2 Å². The van der Waals surface area contributed by atoms with Gasteiger partial charge in [-0.25, -0.2) is 0 Å². The number of hydrogen-bond acceptors (Lipinski definition) is 1. The first kappa shape index (κ1) is 12.6. The summed E-state index contributed by atoms with van der Waals surface area (Å²) < 4.78 is 5.62. The molecule has 21 heavy (non-hydrogen) atoms. The number of rotatable bonds is 1. The Morgan fingerprint density at radius 3 is 3.00 bits per heavy atom. The molecule has 6 rings (SSSR count). The lowest BCUT2D eigenvalue weighted by Crippen LogP contribution is -2.47. The Balaban J connectivity index is 1.64. The molecule has 1 nitrogen and oxygen atoms in total. The summed E-state index contributed by atoms with van der Waals surface area (Å²) in [6.45, 7) is 2.59. The monoisotopic (exact) mass is 281 g/mol. The summed E-state index contributed by atoms with van der Waals surface area (Å²) in [6.07, 6.45) is 9.90. The summed E-state index contributed by atoms with van der Waals surface area (Å²) in [4.78, 5) is 0. The van der Waals surface area contributed by atoms with E-state index in [0.29, 0.717) is 5.41 Å². The maximum atomic E-state index is 5.62. The summed E-state index contributed by atoms with van der Waals surface area (Å²) in [6, 6.07) is 5.62. The molecule has 1 aromatic carbocycles. The first-order valence-electron chi connectivity index (χ1n) is 8.81. The normalized spacial score (nSPS) is 42.6. The largest absolute Gasteiger partial charge is 0.496 e. The van der Waals surface area contributed by atoms with Gasteiger partial charge in [-0.1, -0.05) is 13.3 Å². The first-order chi connectivity index (χ1) is 10.2. The number of benzene rings is 1. The third-order valence-electron chi connectivity index (χ3n) is 7.50. The fourth-order valence-electron chi connectivity index (χ4n) is 6.72. The highest BCUT2D eigenvalue weighted by molar-refractivity contribution is 5.52. The fraction of sp³-hybridized carbons (Fsp3) is 0.700. The predicted molar refractivity (Wildman–Crippen MR) is 83.6 cm³/mol. The molecule has 1 aromatic rings. The third kappa shape index (κ3) is 1.48. The summed E-state index contributed by atoms with van der Waals surface area (Å²) in [5, 5.41) is 0. The van der Waals surface area contributed by atoms with E-state index in [9.17, 15) is 0 Å². The first-order valence-corrected chi connectivity index (χ1v) is 8.81. The second kappa shape index (κ2) is 4.06. The van der Waals surface area contributed by atoms with E-state index < -0.39 is 0 Å². The second-order valence-corrected chi connectivity index (χ2v) is 8.28. The molecular weight excluding hydrogens is 256 g/mol. The average Bonchev–Trinajstić information content (AvgIpc) is 2.89. The highest BCUT2D eigenvalue weighted by atomic mass is 16.5. The zero-order valence-corrected chi connectivity index (χ0v) is 13.2. The van der Waals surface area contributed by atoms with E-state index in [0.717, 1.165) is 29.4 Å². The van der Waals surface area contributed by atoms with Crippen LogP contribution in [0.15, 0.2) is 6.07 Å². The maximum Gasteiger partial charge on any atom is 0.130 e. The van der Waals surface area contributed by atoms with Gasteiger partial charge in [-0.15, -0.1) is 0 Å². The molecule has 1 unspecified atom stereocenters. The van der Waals surface area contributed by atoms with E-state index in [4.69, 9.17) is 4.74 Å². The molecule has 0 amide bonds. The van der Waals surface area contributed by atoms with Gasteiger partial charge in [-0.2, -0.15) is 0 Å². The average molecular weight is 281 g/mol. The zero-order chi connectivity index (χ0) is 14.2. The van der Waals surface area contributed by atoms with Crippen LogP contribution in [-0.4, -0.2) is 7.11 Å². The molecule has 2 fully saturated rings. The molecule has 0 saturated heterocycles. The summed E-state index contributed by atoms with van der Waals surface area (Å²) in [5.41, 5.74) is 5.49.